The van der Waals surface area contributed by atoms with E-state index >= 15 is 0 Å². The molecule has 0 aliphatic heterocycles. The Hall–Kier alpha value is -1.56. The minimum Gasteiger partial charge on any atom is -0.0999 e. The van der Waals surface area contributed by atoms with Gasteiger partial charge in [0.2, 0.25) is 0 Å². The van der Waals surface area contributed by atoms with E-state index in [1.807, 2.05) is 0 Å². The molecule has 94 valence electrons. The highest BCUT2D eigenvalue weighted by Gasteiger charge is 2.12. The first-order valence-corrected chi connectivity index (χ1v) is 6.73. The van der Waals surface area contributed by atoms with Gasteiger partial charge in [-0.25, -0.2) is 0 Å². The van der Waals surface area contributed by atoms with Crippen molar-refractivity contribution in [2.24, 2.45) is 11.8 Å². The normalized spacial score (nSPS) is 19.7. The van der Waals surface area contributed by atoms with Crippen LogP contribution in [0.3, 0.4) is 0 Å². The molecule has 0 radical (unpaired) electrons. The summed E-state index contributed by atoms with van der Waals surface area (Å²) >= 11 is 0. The Kier molecular flexibility index (Phi) is 4.19. The van der Waals surface area contributed by atoms with Crippen LogP contribution in [0, 0.1) is 11.8 Å². The van der Waals surface area contributed by atoms with Crippen LogP contribution in [0.5, 0.6) is 0 Å². The van der Waals surface area contributed by atoms with Crippen molar-refractivity contribution in [1.82, 2.24) is 0 Å². The molecule has 0 bridgehead atoms. The third-order valence-electron chi connectivity index (χ3n) is 3.68. The summed E-state index contributed by atoms with van der Waals surface area (Å²) in [5.41, 5.74) is 4.15. The first-order valence-electron chi connectivity index (χ1n) is 6.73. The van der Waals surface area contributed by atoms with Gasteiger partial charge in [-0.1, -0.05) is 73.2 Å². The standard InChI is InChI=1S/C18H22/c1-14(2)15(3)11-17-9-10-18(13-17)12-16-7-5-4-6-8-16/h4-10,13,15,18H,1,11-12H2,2-3H3/t15-,18?/m0/s1. The molecule has 1 aliphatic rings. The van der Waals surface area contributed by atoms with Gasteiger partial charge in [0.1, 0.15) is 0 Å². The summed E-state index contributed by atoms with van der Waals surface area (Å²) in [6.45, 7) is 8.40. The van der Waals surface area contributed by atoms with Crippen molar-refractivity contribution in [2.45, 2.75) is 26.7 Å². The van der Waals surface area contributed by atoms with E-state index in [2.05, 4.69) is 69.0 Å². The van der Waals surface area contributed by atoms with Gasteiger partial charge in [-0.3, -0.25) is 0 Å². The number of benzene rings is 1. The summed E-state index contributed by atoms with van der Waals surface area (Å²) in [5, 5.41) is 0. The van der Waals surface area contributed by atoms with E-state index in [9.17, 15) is 0 Å². The van der Waals surface area contributed by atoms with Crippen molar-refractivity contribution in [3.63, 3.8) is 0 Å². The minimum atomic E-state index is 0.569. The Labute approximate surface area is 111 Å². The lowest BCUT2D eigenvalue weighted by molar-refractivity contribution is 0.681. The lowest BCUT2D eigenvalue weighted by Gasteiger charge is -2.10. The van der Waals surface area contributed by atoms with Gasteiger partial charge >= 0.3 is 0 Å². The summed E-state index contributed by atoms with van der Waals surface area (Å²) in [6, 6.07) is 10.7. The first-order chi connectivity index (χ1) is 8.65. The molecule has 0 saturated heterocycles. The highest BCUT2D eigenvalue weighted by molar-refractivity contribution is 5.32. The second-order valence-corrected chi connectivity index (χ2v) is 5.41. The predicted molar refractivity (Wildman–Crippen MR) is 79.5 cm³/mol. The molecule has 18 heavy (non-hydrogen) atoms. The molecule has 0 heteroatoms. The Bertz CT molecular complexity index is 462. The molecule has 0 nitrogen and oxygen atoms in total. The monoisotopic (exact) mass is 238 g/mol. The molecule has 0 saturated carbocycles. The Morgan fingerprint density at radius 1 is 1.28 bits per heavy atom. The van der Waals surface area contributed by atoms with E-state index in [1.165, 1.54) is 16.7 Å². The maximum absolute atomic E-state index is 4.03. The first kappa shape index (κ1) is 12.9. The number of hydrogen-bond donors (Lipinski definition) is 0. The van der Waals surface area contributed by atoms with E-state index in [4.69, 9.17) is 0 Å². The third-order valence-corrected chi connectivity index (χ3v) is 3.68. The van der Waals surface area contributed by atoms with E-state index in [0.717, 1.165) is 12.8 Å². The molecule has 0 fully saturated rings. The van der Waals surface area contributed by atoms with Crippen molar-refractivity contribution in [1.29, 1.82) is 0 Å². The Morgan fingerprint density at radius 3 is 2.67 bits per heavy atom. The van der Waals surface area contributed by atoms with Gasteiger partial charge in [0, 0.05) is 0 Å². The topological polar surface area (TPSA) is 0 Å². The molecule has 2 rings (SSSR count). The second kappa shape index (κ2) is 5.86. The highest BCUT2D eigenvalue weighted by Crippen LogP contribution is 2.26. The van der Waals surface area contributed by atoms with Gasteiger partial charge in [-0.2, -0.15) is 0 Å². The lowest BCUT2D eigenvalue weighted by Crippen LogP contribution is -1.97. The fourth-order valence-corrected chi connectivity index (χ4v) is 2.31. The van der Waals surface area contributed by atoms with Crippen molar-refractivity contribution in [2.75, 3.05) is 0 Å². The van der Waals surface area contributed by atoms with Crippen molar-refractivity contribution in [3.05, 3.63) is 71.8 Å². The number of hydrogen-bond acceptors (Lipinski definition) is 0. The summed E-state index contributed by atoms with van der Waals surface area (Å²) in [7, 11) is 0. The molecular formula is C18H22. The summed E-state index contributed by atoms with van der Waals surface area (Å²) in [6.07, 6.45) is 9.26. The molecule has 1 aromatic carbocycles. The van der Waals surface area contributed by atoms with Crippen LogP contribution in [0.4, 0.5) is 0 Å². The zero-order chi connectivity index (χ0) is 13.0. The molecule has 0 spiro atoms. The molecule has 1 aliphatic carbocycles. The molecule has 0 aromatic heterocycles. The summed E-state index contributed by atoms with van der Waals surface area (Å²) in [4.78, 5) is 0. The van der Waals surface area contributed by atoms with E-state index in [0.29, 0.717) is 11.8 Å². The second-order valence-electron chi connectivity index (χ2n) is 5.41. The minimum absolute atomic E-state index is 0.569. The zero-order valence-corrected chi connectivity index (χ0v) is 11.4. The fraction of sp³-hybridized carbons (Fsp3) is 0.333. The number of allylic oxidation sites excluding steroid dienone is 5. The van der Waals surface area contributed by atoms with Gasteiger partial charge in [0.15, 0.2) is 0 Å². The van der Waals surface area contributed by atoms with Crippen LogP contribution >= 0.6 is 0 Å². The highest BCUT2D eigenvalue weighted by atomic mass is 14.2. The van der Waals surface area contributed by atoms with E-state index in [1.54, 1.807) is 0 Å². The van der Waals surface area contributed by atoms with Crippen molar-refractivity contribution >= 4 is 0 Å². The van der Waals surface area contributed by atoms with Crippen LogP contribution in [0.25, 0.3) is 0 Å². The molecule has 1 aromatic rings. The number of rotatable bonds is 5. The zero-order valence-electron chi connectivity index (χ0n) is 11.4. The predicted octanol–water partition coefficient (Wildman–Crippen LogP) is 4.94. The molecule has 2 atom stereocenters. The van der Waals surface area contributed by atoms with Crippen molar-refractivity contribution in [3.8, 4) is 0 Å². The van der Waals surface area contributed by atoms with Crippen LogP contribution in [-0.4, -0.2) is 0 Å². The molecule has 0 heterocycles. The smallest absolute Gasteiger partial charge is 0.000403 e. The van der Waals surface area contributed by atoms with Crippen LogP contribution in [0.2, 0.25) is 0 Å². The lowest BCUT2D eigenvalue weighted by atomic mass is 9.95. The molecule has 0 amide bonds. The van der Waals surface area contributed by atoms with Gasteiger partial charge in [-0.15, -0.1) is 0 Å². The Balaban J connectivity index is 1.93. The molecule has 0 N–H and O–H groups in total. The van der Waals surface area contributed by atoms with Crippen molar-refractivity contribution < 1.29 is 0 Å². The maximum Gasteiger partial charge on any atom is -0.000403 e. The quantitative estimate of drug-likeness (QED) is 0.637. The molecular weight excluding hydrogens is 216 g/mol. The van der Waals surface area contributed by atoms with Crippen LogP contribution in [0.1, 0.15) is 25.8 Å². The van der Waals surface area contributed by atoms with Crippen LogP contribution in [0.15, 0.2) is 66.3 Å². The van der Waals surface area contributed by atoms with Crippen LogP contribution in [-0.2, 0) is 6.42 Å². The van der Waals surface area contributed by atoms with Gasteiger partial charge in [0.25, 0.3) is 0 Å². The summed E-state index contributed by atoms with van der Waals surface area (Å²) < 4.78 is 0. The van der Waals surface area contributed by atoms with Gasteiger partial charge < -0.3 is 0 Å². The van der Waals surface area contributed by atoms with Gasteiger partial charge in [0.05, 0.1) is 0 Å². The molecule has 1 unspecified atom stereocenters. The largest absolute Gasteiger partial charge is 0.0999 e. The summed E-state index contributed by atoms with van der Waals surface area (Å²) in [5.74, 6) is 1.15. The average Bonchev–Trinajstić information content (AvgIpc) is 2.77. The fourth-order valence-electron chi connectivity index (χ4n) is 2.31. The van der Waals surface area contributed by atoms with Gasteiger partial charge in [-0.05, 0) is 37.2 Å². The Morgan fingerprint density at radius 2 is 2.00 bits per heavy atom. The van der Waals surface area contributed by atoms with E-state index < -0.39 is 0 Å². The third kappa shape index (κ3) is 3.46. The SMILES string of the molecule is C=C(C)[C@@H](C)CC1=CC(Cc2ccccc2)C=C1. The average molecular weight is 238 g/mol. The van der Waals surface area contributed by atoms with Crippen LogP contribution < -0.4 is 0 Å². The maximum atomic E-state index is 4.03. The van der Waals surface area contributed by atoms with E-state index in [-0.39, 0.29) is 0 Å².